The van der Waals surface area contributed by atoms with Crippen molar-refractivity contribution in [1.82, 2.24) is 10.3 Å². The van der Waals surface area contributed by atoms with Gasteiger partial charge in [0.2, 0.25) is 0 Å². The van der Waals surface area contributed by atoms with Gasteiger partial charge in [-0.3, -0.25) is 4.98 Å². The number of anilines is 1. The molecule has 0 aliphatic carbocycles. The molecule has 1 aromatic heterocycles. The number of nitrogens with zero attached hydrogens (tertiary/aromatic N) is 1. The standard InChI is InChI=1S/C16H19N3O/c1-11-8-12(2)15(13(3)9-11)19-16(20)18-10-14-4-6-17-7-5-14/h4-9H,10H2,1-3H3,(H2,18,19,20). The minimum absolute atomic E-state index is 0.197. The van der Waals surface area contributed by atoms with Gasteiger partial charge in [0.15, 0.2) is 0 Å². The highest BCUT2D eigenvalue weighted by molar-refractivity contribution is 5.91. The molecule has 4 heteroatoms. The van der Waals surface area contributed by atoms with Crippen molar-refractivity contribution in [3.8, 4) is 0 Å². The van der Waals surface area contributed by atoms with Crippen LogP contribution >= 0.6 is 0 Å². The van der Waals surface area contributed by atoms with Crippen LogP contribution in [-0.2, 0) is 6.54 Å². The predicted molar refractivity (Wildman–Crippen MR) is 80.7 cm³/mol. The molecule has 1 aromatic carbocycles. The first-order valence-electron chi connectivity index (χ1n) is 6.58. The van der Waals surface area contributed by atoms with Gasteiger partial charge in [-0.05, 0) is 49.6 Å². The van der Waals surface area contributed by atoms with E-state index in [1.165, 1.54) is 5.56 Å². The van der Waals surface area contributed by atoms with E-state index in [-0.39, 0.29) is 6.03 Å². The molecule has 104 valence electrons. The molecular weight excluding hydrogens is 250 g/mol. The molecule has 0 saturated carbocycles. The van der Waals surface area contributed by atoms with Crippen molar-refractivity contribution >= 4 is 11.7 Å². The number of hydrogen-bond acceptors (Lipinski definition) is 2. The number of aryl methyl sites for hydroxylation is 3. The first-order chi connectivity index (χ1) is 9.56. The third-order valence-electron chi connectivity index (χ3n) is 3.12. The first-order valence-corrected chi connectivity index (χ1v) is 6.58. The highest BCUT2D eigenvalue weighted by Gasteiger charge is 2.07. The van der Waals surface area contributed by atoms with Gasteiger partial charge in [-0.2, -0.15) is 0 Å². The quantitative estimate of drug-likeness (QED) is 0.898. The summed E-state index contributed by atoms with van der Waals surface area (Å²) >= 11 is 0. The van der Waals surface area contributed by atoms with Crippen molar-refractivity contribution < 1.29 is 4.79 Å². The maximum Gasteiger partial charge on any atom is 0.319 e. The summed E-state index contributed by atoms with van der Waals surface area (Å²) in [5.41, 5.74) is 5.24. The summed E-state index contributed by atoms with van der Waals surface area (Å²) in [6, 6.07) is 7.68. The van der Waals surface area contributed by atoms with Crippen LogP contribution in [0.25, 0.3) is 0 Å². The fourth-order valence-corrected chi connectivity index (χ4v) is 2.22. The minimum atomic E-state index is -0.197. The fourth-order valence-electron chi connectivity index (χ4n) is 2.22. The summed E-state index contributed by atoms with van der Waals surface area (Å²) in [5.74, 6) is 0. The number of nitrogens with one attached hydrogen (secondary N) is 2. The van der Waals surface area contributed by atoms with E-state index >= 15 is 0 Å². The van der Waals surface area contributed by atoms with Gasteiger partial charge in [0.25, 0.3) is 0 Å². The predicted octanol–water partition coefficient (Wildman–Crippen LogP) is 3.33. The second-order valence-electron chi connectivity index (χ2n) is 4.94. The molecule has 0 fully saturated rings. The summed E-state index contributed by atoms with van der Waals surface area (Å²) in [6.45, 7) is 6.53. The zero-order valence-electron chi connectivity index (χ0n) is 12.0. The summed E-state index contributed by atoms with van der Waals surface area (Å²) in [6.07, 6.45) is 3.42. The number of pyridine rings is 1. The molecule has 0 aliphatic heterocycles. The van der Waals surface area contributed by atoms with E-state index < -0.39 is 0 Å². The normalized spacial score (nSPS) is 10.2. The van der Waals surface area contributed by atoms with Gasteiger partial charge in [-0.1, -0.05) is 17.7 Å². The Morgan fingerprint density at radius 1 is 1.10 bits per heavy atom. The molecule has 2 aromatic rings. The summed E-state index contributed by atoms with van der Waals surface area (Å²) in [4.78, 5) is 15.9. The van der Waals surface area contributed by atoms with E-state index in [0.717, 1.165) is 22.4 Å². The number of amides is 2. The number of carbonyl (C=O) groups excluding carboxylic acids is 1. The Hall–Kier alpha value is -2.36. The van der Waals surface area contributed by atoms with Gasteiger partial charge in [0.05, 0.1) is 0 Å². The molecule has 2 rings (SSSR count). The summed E-state index contributed by atoms with van der Waals surface area (Å²) < 4.78 is 0. The molecule has 20 heavy (non-hydrogen) atoms. The molecule has 0 saturated heterocycles. The second kappa shape index (κ2) is 6.19. The molecular formula is C16H19N3O. The van der Waals surface area contributed by atoms with E-state index in [1.54, 1.807) is 12.4 Å². The van der Waals surface area contributed by atoms with Gasteiger partial charge in [-0.15, -0.1) is 0 Å². The van der Waals surface area contributed by atoms with Crippen LogP contribution in [0, 0.1) is 20.8 Å². The van der Waals surface area contributed by atoms with Crippen molar-refractivity contribution in [1.29, 1.82) is 0 Å². The molecule has 0 atom stereocenters. The molecule has 2 N–H and O–H groups in total. The van der Waals surface area contributed by atoms with Crippen molar-refractivity contribution in [2.45, 2.75) is 27.3 Å². The van der Waals surface area contributed by atoms with Gasteiger partial charge in [-0.25, -0.2) is 4.79 Å². The number of aromatic nitrogens is 1. The SMILES string of the molecule is Cc1cc(C)c(NC(=O)NCc2ccncc2)c(C)c1. The monoisotopic (exact) mass is 269 g/mol. The molecule has 0 aliphatic rings. The van der Waals surface area contributed by atoms with Gasteiger partial charge >= 0.3 is 6.03 Å². The van der Waals surface area contributed by atoms with E-state index in [0.29, 0.717) is 6.54 Å². The number of benzene rings is 1. The van der Waals surface area contributed by atoms with Crippen LogP contribution in [0.4, 0.5) is 10.5 Å². The molecule has 0 spiro atoms. The van der Waals surface area contributed by atoms with Crippen LogP contribution < -0.4 is 10.6 Å². The molecule has 0 unspecified atom stereocenters. The minimum Gasteiger partial charge on any atom is -0.334 e. The largest absolute Gasteiger partial charge is 0.334 e. The average molecular weight is 269 g/mol. The Bertz CT molecular complexity index is 585. The van der Waals surface area contributed by atoms with E-state index in [4.69, 9.17) is 0 Å². The second-order valence-corrected chi connectivity index (χ2v) is 4.94. The maximum absolute atomic E-state index is 11.9. The number of hydrogen-bond donors (Lipinski definition) is 2. The summed E-state index contributed by atoms with van der Waals surface area (Å²) in [7, 11) is 0. The highest BCUT2D eigenvalue weighted by atomic mass is 16.2. The van der Waals surface area contributed by atoms with Crippen LogP contribution in [0.2, 0.25) is 0 Å². The lowest BCUT2D eigenvalue weighted by molar-refractivity contribution is 0.251. The average Bonchev–Trinajstić information content (AvgIpc) is 2.42. The Kier molecular flexibility index (Phi) is 4.35. The van der Waals surface area contributed by atoms with Crippen molar-refractivity contribution in [2.24, 2.45) is 0 Å². The van der Waals surface area contributed by atoms with Crippen LogP contribution in [0.5, 0.6) is 0 Å². The number of carbonyl (C=O) groups is 1. The lowest BCUT2D eigenvalue weighted by atomic mass is 10.1. The molecule has 4 nitrogen and oxygen atoms in total. The Balaban J connectivity index is 1.98. The van der Waals surface area contributed by atoms with Crippen molar-refractivity contribution in [2.75, 3.05) is 5.32 Å². The van der Waals surface area contributed by atoms with Crippen LogP contribution in [0.3, 0.4) is 0 Å². The lowest BCUT2D eigenvalue weighted by Gasteiger charge is -2.13. The van der Waals surface area contributed by atoms with E-state index in [9.17, 15) is 4.79 Å². The van der Waals surface area contributed by atoms with E-state index in [2.05, 4.69) is 27.8 Å². The molecule has 1 heterocycles. The van der Waals surface area contributed by atoms with Gasteiger partial charge < -0.3 is 10.6 Å². The van der Waals surface area contributed by atoms with Gasteiger partial charge in [0.1, 0.15) is 0 Å². The van der Waals surface area contributed by atoms with Crippen molar-refractivity contribution in [3.05, 3.63) is 58.9 Å². The van der Waals surface area contributed by atoms with Crippen LogP contribution in [0.1, 0.15) is 22.3 Å². The van der Waals surface area contributed by atoms with Gasteiger partial charge in [0, 0.05) is 24.6 Å². The number of rotatable bonds is 3. The topological polar surface area (TPSA) is 54.0 Å². The van der Waals surface area contributed by atoms with Crippen LogP contribution in [0.15, 0.2) is 36.7 Å². The Morgan fingerprint density at radius 3 is 2.30 bits per heavy atom. The third kappa shape index (κ3) is 3.57. The summed E-state index contributed by atoms with van der Waals surface area (Å²) in [5, 5.41) is 5.75. The molecule has 0 radical (unpaired) electrons. The van der Waals surface area contributed by atoms with Crippen LogP contribution in [-0.4, -0.2) is 11.0 Å². The first kappa shape index (κ1) is 14.1. The highest BCUT2D eigenvalue weighted by Crippen LogP contribution is 2.21. The Labute approximate surface area is 119 Å². The smallest absolute Gasteiger partial charge is 0.319 e. The lowest BCUT2D eigenvalue weighted by Crippen LogP contribution is -2.28. The Morgan fingerprint density at radius 2 is 1.70 bits per heavy atom. The molecule has 2 amide bonds. The number of urea groups is 1. The zero-order chi connectivity index (χ0) is 14.5. The van der Waals surface area contributed by atoms with E-state index in [1.807, 2.05) is 32.9 Å². The third-order valence-corrected chi connectivity index (χ3v) is 3.12. The fraction of sp³-hybridized carbons (Fsp3) is 0.250. The molecule has 0 bridgehead atoms. The zero-order valence-corrected chi connectivity index (χ0v) is 12.0. The van der Waals surface area contributed by atoms with Crippen molar-refractivity contribution in [3.63, 3.8) is 0 Å². The maximum atomic E-state index is 11.9.